The van der Waals surface area contributed by atoms with Crippen molar-refractivity contribution in [3.63, 3.8) is 0 Å². The quantitative estimate of drug-likeness (QED) is 0.334. The number of hydrogen-bond acceptors (Lipinski definition) is 6. The summed E-state index contributed by atoms with van der Waals surface area (Å²) in [5, 5.41) is 18.8. The second-order valence-corrected chi connectivity index (χ2v) is 9.80. The molecule has 1 fully saturated rings. The number of likely N-dealkylation sites (N-methyl/N-ethyl adjacent to an activating group) is 1. The van der Waals surface area contributed by atoms with Gasteiger partial charge in [0.25, 0.3) is 0 Å². The molecule has 1 aliphatic heterocycles. The molecule has 2 N–H and O–H groups in total. The van der Waals surface area contributed by atoms with Crippen LogP contribution >= 0.6 is 0 Å². The number of rotatable bonds is 8. The fourth-order valence-electron chi connectivity index (χ4n) is 4.83. The van der Waals surface area contributed by atoms with Gasteiger partial charge in [0.1, 0.15) is 18.2 Å². The van der Waals surface area contributed by atoms with Crippen LogP contribution in [0.25, 0.3) is 44.3 Å². The largest absolute Gasteiger partial charge is 0.492 e. The van der Waals surface area contributed by atoms with Crippen molar-refractivity contribution in [3.05, 3.63) is 60.4 Å². The van der Waals surface area contributed by atoms with E-state index in [0.29, 0.717) is 6.61 Å². The third-order valence-electron chi connectivity index (χ3n) is 6.82. The number of benzene rings is 3. The van der Waals surface area contributed by atoms with Gasteiger partial charge in [0.05, 0.1) is 17.8 Å². The van der Waals surface area contributed by atoms with Crippen molar-refractivity contribution in [1.82, 2.24) is 35.2 Å². The van der Waals surface area contributed by atoms with Crippen LogP contribution in [0.15, 0.2) is 54.6 Å². The number of hydrogen-bond donors (Lipinski definition) is 2. The summed E-state index contributed by atoms with van der Waals surface area (Å²) in [6.07, 6.45) is 2.53. The second-order valence-electron chi connectivity index (χ2n) is 9.80. The number of likely N-dealkylation sites (tertiary alicyclic amines) is 1. The molecule has 3 heterocycles. The van der Waals surface area contributed by atoms with Crippen LogP contribution in [0.5, 0.6) is 5.75 Å². The first-order valence-electron chi connectivity index (χ1n) is 12.6. The third kappa shape index (κ3) is 4.69. The van der Waals surface area contributed by atoms with Gasteiger partial charge in [-0.2, -0.15) is 10.2 Å². The first-order chi connectivity index (χ1) is 17.6. The number of nitrogens with one attached hydrogen (secondary N) is 2. The van der Waals surface area contributed by atoms with E-state index in [1.807, 2.05) is 26.2 Å². The fourth-order valence-corrected chi connectivity index (χ4v) is 4.83. The molecule has 0 saturated carbocycles. The summed E-state index contributed by atoms with van der Waals surface area (Å²) in [6, 6.07) is 18.9. The van der Waals surface area contributed by atoms with E-state index >= 15 is 0 Å². The molecule has 2 aromatic heterocycles. The second kappa shape index (κ2) is 9.72. The lowest BCUT2D eigenvalue weighted by atomic mass is 10.0. The van der Waals surface area contributed by atoms with E-state index in [1.165, 1.54) is 12.8 Å². The van der Waals surface area contributed by atoms with E-state index < -0.39 is 0 Å². The lowest BCUT2D eigenvalue weighted by molar-refractivity contribution is 0.261. The highest BCUT2D eigenvalue weighted by molar-refractivity contribution is 5.97. The van der Waals surface area contributed by atoms with Crippen LogP contribution in [0.1, 0.15) is 18.7 Å². The molecule has 8 nitrogen and oxygen atoms in total. The van der Waals surface area contributed by atoms with E-state index in [1.54, 1.807) is 0 Å². The zero-order valence-corrected chi connectivity index (χ0v) is 20.8. The van der Waals surface area contributed by atoms with E-state index in [-0.39, 0.29) is 0 Å². The predicted octanol–water partition coefficient (Wildman–Crippen LogP) is 4.70. The van der Waals surface area contributed by atoms with Crippen molar-refractivity contribution in [1.29, 1.82) is 0 Å². The van der Waals surface area contributed by atoms with E-state index in [4.69, 9.17) is 9.72 Å². The first-order valence-corrected chi connectivity index (χ1v) is 12.6. The van der Waals surface area contributed by atoms with Gasteiger partial charge in [-0.1, -0.05) is 18.2 Å². The molecular formula is C28H31N7O. The van der Waals surface area contributed by atoms with Crippen molar-refractivity contribution >= 4 is 21.7 Å². The maximum atomic E-state index is 5.90. The van der Waals surface area contributed by atoms with Crippen LogP contribution in [0.2, 0.25) is 0 Å². The summed E-state index contributed by atoms with van der Waals surface area (Å²) in [5.74, 6) is 2.53. The fraction of sp³-hybridized carbons (Fsp3) is 0.321. The molecule has 1 aliphatic rings. The van der Waals surface area contributed by atoms with Crippen LogP contribution in [0.3, 0.4) is 0 Å². The van der Waals surface area contributed by atoms with Crippen molar-refractivity contribution in [2.75, 3.05) is 40.3 Å². The normalized spacial score (nSPS) is 14.4. The van der Waals surface area contributed by atoms with Gasteiger partial charge in [0, 0.05) is 23.1 Å². The Hall–Kier alpha value is -3.75. The van der Waals surface area contributed by atoms with Crippen molar-refractivity contribution in [3.8, 4) is 28.4 Å². The number of aromatic nitrogens is 5. The van der Waals surface area contributed by atoms with Gasteiger partial charge in [-0.05, 0) is 87.2 Å². The molecule has 0 atom stereocenters. The Morgan fingerprint density at radius 2 is 1.69 bits per heavy atom. The molecular weight excluding hydrogens is 450 g/mol. The number of aromatic amines is 2. The number of fused-ring (bicyclic) bond motifs is 2. The molecule has 0 amide bonds. The van der Waals surface area contributed by atoms with Gasteiger partial charge in [-0.3, -0.25) is 15.1 Å². The molecule has 5 aromatic rings. The lowest BCUT2D eigenvalue weighted by Gasteiger charge is -2.11. The third-order valence-corrected chi connectivity index (χ3v) is 6.82. The summed E-state index contributed by atoms with van der Waals surface area (Å²) in [7, 11) is 4.09. The Morgan fingerprint density at radius 1 is 0.889 bits per heavy atom. The maximum Gasteiger partial charge on any atom is 0.181 e. The van der Waals surface area contributed by atoms with E-state index in [2.05, 4.69) is 72.7 Å². The average molecular weight is 482 g/mol. The Bertz CT molecular complexity index is 1500. The molecule has 0 aliphatic carbocycles. The molecule has 6 rings (SSSR count). The summed E-state index contributed by atoms with van der Waals surface area (Å²) in [6.45, 7) is 4.65. The lowest BCUT2D eigenvalue weighted by Crippen LogP contribution is -2.19. The number of ether oxygens (including phenoxy) is 1. The summed E-state index contributed by atoms with van der Waals surface area (Å²) >= 11 is 0. The topological polar surface area (TPSA) is 86.0 Å². The molecule has 0 bridgehead atoms. The summed E-state index contributed by atoms with van der Waals surface area (Å²) < 4.78 is 5.90. The van der Waals surface area contributed by atoms with Crippen molar-refractivity contribution in [2.45, 2.75) is 19.4 Å². The Labute approximate surface area is 210 Å². The minimum atomic E-state index is 0.669. The molecule has 1 saturated heterocycles. The number of H-pyrrole nitrogens is 2. The minimum absolute atomic E-state index is 0.669. The van der Waals surface area contributed by atoms with Crippen molar-refractivity contribution < 1.29 is 4.74 Å². The Kier molecular flexibility index (Phi) is 6.13. The number of nitrogens with zero attached hydrogens (tertiary/aromatic N) is 5. The van der Waals surface area contributed by atoms with Crippen LogP contribution < -0.4 is 4.74 Å². The summed E-state index contributed by atoms with van der Waals surface area (Å²) in [4.78, 5) is 9.29. The van der Waals surface area contributed by atoms with E-state index in [0.717, 1.165) is 82.1 Å². The van der Waals surface area contributed by atoms with Crippen LogP contribution in [-0.4, -0.2) is 75.5 Å². The van der Waals surface area contributed by atoms with E-state index in [9.17, 15) is 0 Å². The van der Waals surface area contributed by atoms with Gasteiger partial charge in [0.2, 0.25) is 0 Å². The smallest absolute Gasteiger partial charge is 0.181 e. The highest BCUT2D eigenvalue weighted by Gasteiger charge is 2.16. The highest BCUT2D eigenvalue weighted by atomic mass is 16.5. The monoisotopic (exact) mass is 481 g/mol. The zero-order valence-electron chi connectivity index (χ0n) is 20.8. The van der Waals surface area contributed by atoms with Crippen LogP contribution in [0.4, 0.5) is 0 Å². The van der Waals surface area contributed by atoms with Gasteiger partial charge in [-0.25, -0.2) is 4.98 Å². The molecule has 36 heavy (non-hydrogen) atoms. The van der Waals surface area contributed by atoms with Crippen molar-refractivity contribution in [2.24, 2.45) is 0 Å². The standard InChI is InChI=1S/C28H31N7O/c1-34(2)13-14-36-23-9-7-19-15-21(6-5-20(19)16-23)27-24-17-22(8-10-25(24)30-32-27)28-29-26(31-33-28)18-35-11-3-4-12-35/h5-10,15-17H,3-4,11-14,18H2,1-2H3,(H,30,32)(H,29,31,33). The van der Waals surface area contributed by atoms with Gasteiger partial charge < -0.3 is 9.64 Å². The SMILES string of the molecule is CN(C)CCOc1ccc2cc(-c3n[nH]c4ccc(-c5n[nH]c(CN6CCCC6)n5)cc34)ccc2c1. The average Bonchev–Trinajstić information content (AvgIpc) is 3.65. The Morgan fingerprint density at radius 3 is 2.56 bits per heavy atom. The van der Waals surface area contributed by atoms with Gasteiger partial charge in [0.15, 0.2) is 5.82 Å². The predicted molar refractivity (Wildman–Crippen MR) is 143 cm³/mol. The van der Waals surface area contributed by atoms with Gasteiger partial charge >= 0.3 is 0 Å². The minimum Gasteiger partial charge on any atom is -0.492 e. The highest BCUT2D eigenvalue weighted by Crippen LogP contribution is 2.32. The summed E-state index contributed by atoms with van der Waals surface area (Å²) in [5.41, 5.74) is 3.96. The molecule has 184 valence electrons. The van der Waals surface area contributed by atoms with Crippen LogP contribution in [-0.2, 0) is 6.54 Å². The molecule has 3 aromatic carbocycles. The van der Waals surface area contributed by atoms with Crippen LogP contribution in [0, 0.1) is 0 Å². The van der Waals surface area contributed by atoms with Gasteiger partial charge in [-0.15, -0.1) is 0 Å². The first kappa shape index (κ1) is 22.7. The molecule has 0 radical (unpaired) electrons. The molecule has 0 unspecified atom stereocenters. The molecule has 0 spiro atoms. The maximum absolute atomic E-state index is 5.90. The zero-order chi connectivity index (χ0) is 24.5. The Balaban J connectivity index is 1.26. The molecule has 8 heteroatoms.